The van der Waals surface area contributed by atoms with Crippen molar-refractivity contribution in [2.45, 2.75) is 37.1 Å². The summed E-state index contributed by atoms with van der Waals surface area (Å²) in [6, 6.07) is 9.81. The summed E-state index contributed by atoms with van der Waals surface area (Å²) in [5.41, 5.74) is 3.68. The molecule has 1 saturated heterocycles. The Morgan fingerprint density at radius 1 is 1.06 bits per heavy atom. The van der Waals surface area contributed by atoms with Gasteiger partial charge in [-0.25, -0.2) is 8.42 Å². The second-order valence-corrected chi connectivity index (χ2v) is 11.2. The van der Waals surface area contributed by atoms with Crippen LogP contribution in [0.1, 0.15) is 40.9 Å². The van der Waals surface area contributed by atoms with E-state index in [2.05, 4.69) is 0 Å². The fourth-order valence-corrected chi connectivity index (χ4v) is 7.07. The van der Waals surface area contributed by atoms with Gasteiger partial charge in [-0.1, -0.05) is 23.5 Å². The molecule has 0 saturated carbocycles. The molecule has 1 aromatic heterocycles. The lowest BCUT2D eigenvalue weighted by Gasteiger charge is -2.26. The minimum atomic E-state index is -3.66. The normalized spacial score (nSPS) is 18.0. The number of benzene rings is 2. The number of carbonyl (C=O) groups is 1. The van der Waals surface area contributed by atoms with Gasteiger partial charge in [0.25, 0.3) is 0 Å². The van der Waals surface area contributed by atoms with Gasteiger partial charge >= 0.3 is 4.87 Å². The Morgan fingerprint density at radius 3 is 2.59 bits per heavy atom. The largest absolute Gasteiger partial charge is 0.379 e. The lowest BCUT2D eigenvalue weighted by molar-refractivity contribution is 0.0730. The SMILES string of the molecule is C[C@@H](C(=O)c1ccc2c(c1)CCC2)n1c(=O)sc2cc(S(=O)(=O)N3CCOCC3)ccc21. The molecule has 0 amide bonds. The average molecular weight is 473 g/mol. The fourth-order valence-electron chi connectivity index (χ4n) is 4.56. The van der Waals surface area contributed by atoms with E-state index in [-0.39, 0.29) is 15.6 Å². The zero-order valence-corrected chi connectivity index (χ0v) is 19.4. The van der Waals surface area contributed by atoms with Crippen LogP contribution in [0.2, 0.25) is 0 Å². The number of hydrogen-bond donors (Lipinski definition) is 0. The summed E-state index contributed by atoms with van der Waals surface area (Å²) >= 11 is 0.964. The van der Waals surface area contributed by atoms with Crippen LogP contribution >= 0.6 is 11.3 Å². The van der Waals surface area contributed by atoms with Crippen molar-refractivity contribution < 1.29 is 17.9 Å². The van der Waals surface area contributed by atoms with Crippen LogP contribution in [-0.2, 0) is 27.6 Å². The van der Waals surface area contributed by atoms with Crippen molar-refractivity contribution in [2.75, 3.05) is 26.3 Å². The lowest BCUT2D eigenvalue weighted by Crippen LogP contribution is -2.40. The number of nitrogens with zero attached hydrogens (tertiary/aromatic N) is 2. The predicted molar refractivity (Wildman–Crippen MR) is 123 cm³/mol. The molecule has 2 heterocycles. The van der Waals surface area contributed by atoms with Crippen molar-refractivity contribution >= 4 is 37.4 Å². The van der Waals surface area contributed by atoms with Crippen molar-refractivity contribution in [3.63, 3.8) is 0 Å². The van der Waals surface area contributed by atoms with Gasteiger partial charge in [-0.05, 0) is 61.6 Å². The molecule has 0 unspecified atom stereocenters. The monoisotopic (exact) mass is 472 g/mol. The summed E-state index contributed by atoms with van der Waals surface area (Å²) < 4.78 is 34.6. The minimum Gasteiger partial charge on any atom is -0.379 e. The third-order valence-corrected chi connectivity index (χ3v) is 9.16. The molecule has 9 heteroatoms. The first kappa shape index (κ1) is 21.5. The number of fused-ring (bicyclic) bond motifs is 2. The highest BCUT2D eigenvalue weighted by molar-refractivity contribution is 7.89. The quantitative estimate of drug-likeness (QED) is 0.533. The maximum atomic E-state index is 13.2. The maximum Gasteiger partial charge on any atom is 0.308 e. The van der Waals surface area contributed by atoms with Crippen molar-refractivity contribution in [3.8, 4) is 0 Å². The number of sulfonamides is 1. The smallest absolute Gasteiger partial charge is 0.308 e. The molecule has 168 valence electrons. The van der Waals surface area contributed by atoms with Gasteiger partial charge in [-0.2, -0.15) is 4.31 Å². The molecular formula is C23H24N2O5S2. The first-order valence-electron chi connectivity index (χ1n) is 10.8. The number of ketones is 1. The van der Waals surface area contributed by atoms with E-state index in [0.717, 1.165) is 30.6 Å². The van der Waals surface area contributed by atoms with E-state index in [1.807, 2.05) is 18.2 Å². The van der Waals surface area contributed by atoms with E-state index in [0.29, 0.717) is 42.1 Å². The van der Waals surface area contributed by atoms with Crippen LogP contribution in [0.15, 0.2) is 46.1 Å². The average Bonchev–Trinajstić information content (AvgIpc) is 3.40. The molecule has 1 aliphatic carbocycles. The molecule has 0 bridgehead atoms. The van der Waals surface area contributed by atoms with Crippen molar-refractivity contribution in [3.05, 3.63) is 62.8 Å². The Labute approximate surface area is 190 Å². The Hall–Kier alpha value is -2.33. The van der Waals surface area contributed by atoms with Gasteiger partial charge in [0.2, 0.25) is 10.0 Å². The number of morpholine rings is 1. The highest BCUT2D eigenvalue weighted by atomic mass is 32.2. The molecule has 1 atom stereocenters. The summed E-state index contributed by atoms with van der Waals surface area (Å²) in [4.78, 5) is 25.9. The molecule has 1 aliphatic heterocycles. The van der Waals surface area contributed by atoms with Gasteiger partial charge in [-0.3, -0.25) is 14.2 Å². The van der Waals surface area contributed by atoms with E-state index in [9.17, 15) is 18.0 Å². The van der Waals surface area contributed by atoms with Crippen LogP contribution < -0.4 is 4.87 Å². The van der Waals surface area contributed by atoms with Gasteiger partial charge < -0.3 is 4.74 Å². The number of rotatable bonds is 5. The molecule has 2 aromatic carbocycles. The molecule has 0 N–H and O–H groups in total. The Balaban J connectivity index is 1.49. The summed E-state index contributed by atoms with van der Waals surface area (Å²) in [5.74, 6) is -0.119. The molecule has 2 aliphatic rings. The molecular weight excluding hydrogens is 448 g/mol. The molecule has 5 rings (SSSR count). The van der Waals surface area contributed by atoms with Crippen molar-refractivity contribution in [1.29, 1.82) is 0 Å². The first-order valence-corrected chi connectivity index (χ1v) is 13.0. The zero-order valence-electron chi connectivity index (χ0n) is 17.7. The second-order valence-electron chi connectivity index (χ2n) is 8.26. The van der Waals surface area contributed by atoms with E-state index >= 15 is 0 Å². The number of hydrogen-bond acceptors (Lipinski definition) is 6. The van der Waals surface area contributed by atoms with Gasteiger partial charge in [-0.15, -0.1) is 0 Å². The Bertz CT molecular complexity index is 1370. The molecule has 1 fully saturated rings. The molecule has 7 nitrogen and oxygen atoms in total. The third-order valence-electron chi connectivity index (χ3n) is 6.34. The summed E-state index contributed by atoms with van der Waals surface area (Å²) in [5, 5.41) is 0. The molecule has 3 aromatic rings. The Morgan fingerprint density at radius 2 is 1.81 bits per heavy atom. The molecule has 32 heavy (non-hydrogen) atoms. The summed E-state index contributed by atoms with van der Waals surface area (Å²) in [6.45, 7) is 3.08. The van der Waals surface area contributed by atoms with Crippen LogP contribution in [-0.4, -0.2) is 49.4 Å². The number of aryl methyl sites for hydroxylation is 2. The van der Waals surface area contributed by atoms with Gasteiger partial charge in [0.15, 0.2) is 5.78 Å². The number of Topliss-reactive ketones (excluding diaryl/α,β-unsaturated/α-hetero) is 1. The van der Waals surface area contributed by atoms with Gasteiger partial charge in [0, 0.05) is 18.7 Å². The van der Waals surface area contributed by atoms with Crippen LogP contribution in [0.4, 0.5) is 0 Å². The predicted octanol–water partition coefficient (Wildman–Crippen LogP) is 3.02. The summed E-state index contributed by atoms with van der Waals surface area (Å²) in [7, 11) is -3.66. The standard InChI is InChI=1S/C23H24N2O5S2/c1-15(22(26)18-6-5-16-3-2-4-17(16)13-18)25-20-8-7-19(14-21(20)31-23(25)27)32(28,29)24-9-11-30-12-10-24/h5-8,13-15H,2-4,9-12H2,1H3/t15-/m0/s1. The topological polar surface area (TPSA) is 85.7 Å². The van der Waals surface area contributed by atoms with Crippen LogP contribution in [0.5, 0.6) is 0 Å². The molecule has 0 spiro atoms. The second kappa shape index (κ2) is 8.22. The van der Waals surface area contributed by atoms with Gasteiger partial charge in [0.05, 0.1) is 34.4 Å². The van der Waals surface area contributed by atoms with Crippen LogP contribution in [0.25, 0.3) is 10.2 Å². The van der Waals surface area contributed by atoms with Crippen LogP contribution in [0, 0.1) is 0 Å². The Kier molecular flexibility index (Phi) is 5.53. The van der Waals surface area contributed by atoms with E-state index < -0.39 is 16.1 Å². The number of aromatic nitrogens is 1. The third kappa shape index (κ3) is 3.63. The van der Waals surface area contributed by atoms with E-state index in [1.165, 1.54) is 32.1 Å². The summed E-state index contributed by atoms with van der Waals surface area (Å²) in [6.07, 6.45) is 3.13. The fraction of sp³-hybridized carbons (Fsp3) is 0.391. The van der Waals surface area contributed by atoms with E-state index in [1.54, 1.807) is 13.0 Å². The molecule has 0 radical (unpaired) electrons. The van der Waals surface area contributed by atoms with Gasteiger partial charge in [0.1, 0.15) is 0 Å². The van der Waals surface area contributed by atoms with Crippen LogP contribution in [0.3, 0.4) is 0 Å². The highest BCUT2D eigenvalue weighted by Crippen LogP contribution is 2.29. The number of ether oxygens (including phenoxy) is 1. The van der Waals surface area contributed by atoms with Crippen molar-refractivity contribution in [1.82, 2.24) is 8.87 Å². The zero-order chi connectivity index (χ0) is 22.5. The van der Waals surface area contributed by atoms with E-state index in [4.69, 9.17) is 4.74 Å². The lowest BCUT2D eigenvalue weighted by atomic mass is 10.00. The number of carbonyl (C=O) groups excluding carboxylic acids is 1. The first-order chi connectivity index (χ1) is 15.4. The highest BCUT2D eigenvalue weighted by Gasteiger charge is 2.28. The number of thiazole rings is 1. The minimum absolute atomic E-state index is 0.119. The maximum absolute atomic E-state index is 13.2. The van der Waals surface area contributed by atoms with Crippen molar-refractivity contribution in [2.24, 2.45) is 0 Å².